The van der Waals surface area contributed by atoms with E-state index in [1.54, 1.807) is 0 Å². The normalized spacial score (nSPS) is 24.1. The van der Waals surface area contributed by atoms with Crippen LogP contribution < -0.4 is 5.73 Å². The summed E-state index contributed by atoms with van der Waals surface area (Å²) >= 11 is 1.88. The first-order valence-corrected chi connectivity index (χ1v) is 5.71. The standard InChI is InChI=1S/C8H17N3S/c1-12-6-7-3-2-4-11(5-7)8(9)10/h7H,2-6H2,1H3,(H3,9,10). The third-order valence-corrected chi connectivity index (χ3v) is 3.07. The zero-order chi connectivity index (χ0) is 8.97. The van der Waals surface area contributed by atoms with Crippen LogP contribution in [0.5, 0.6) is 0 Å². The highest BCUT2D eigenvalue weighted by molar-refractivity contribution is 7.98. The van der Waals surface area contributed by atoms with E-state index in [0.717, 1.165) is 19.0 Å². The zero-order valence-electron chi connectivity index (χ0n) is 7.55. The molecule has 3 N–H and O–H groups in total. The number of hydrogen-bond acceptors (Lipinski definition) is 2. The second-order valence-electron chi connectivity index (χ2n) is 3.29. The molecule has 1 unspecified atom stereocenters. The number of likely N-dealkylation sites (tertiary alicyclic amines) is 1. The van der Waals surface area contributed by atoms with Crippen LogP contribution in [0.1, 0.15) is 12.8 Å². The molecule has 0 bridgehead atoms. The minimum Gasteiger partial charge on any atom is -0.370 e. The molecule has 3 nitrogen and oxygen atoms in total. The summed E-state index contributed by atoms with van der Waals surface area (Å²) in [6.45, 7) is 1.95. The lowest BCUT2D eigenvalue weighted by molar-refractivity contribution is 0.273. The molecule has 0 saturated carbocycles. The molecule has 12 heavy (non-hydrogen) atoms. The molecule has 0 radical (unpaired) electrons. The van der Waals surface area contributed by atoms with E-state index >= 15 is 0 Å². The van der Waals surface area contributed by atoms with Gasteiger partial charge < -0.3 is 10.6 Å². The van der Waals surface area contributed by atoms with Gasteiger partial charge >= 0.3 is 0 Å². The first kappa shape index (κ1) is 9.71. The van der Waals surface area contributed by atoms with Gasteiger partial charge in [-0.1, -0.05) is 0 Å². The molecule has 0 aliphatic carbocycles. The van der Waals surface area contributed by atoms with Crippen molar-refractivity contribution in [1.82, 2.24) is 4.90 Å². The van der Waals surface area contributed by atoms with Gasteiger partial charge in [-0.3, -0.25) is 5.41 Å². The third kappa shape index (κ3) is 2.59. The van der Waals surface area contributed by atoms with Crippen molar-refractivity contribution in [3.63, 3.8) is 0 Å². The molecule has 0 aromatic rings. The number of rotatable bonds is 2. The number of thioether (sulfide) groups is 1. The first-order chi connectivity index (χ1) is 5.74. The highest BCUT2D eigenvalue weighted by atomic mass is 32.2. The van der Waals surface area contributed by atoms with E-state index in [4.69, 9.17) is 11.1 Å². The van der Waals surface area contributed by atoms with Crippen LogP contribution in [-0.4, -0.2) is 36.0 Å². The van der Waals surface area contributed by atoms with E-state index in [9.17, 15) is 0 Å². The Morgan fingerprint density at radius 2 is 2.50 bits per heavy atom. The molecule has 1 rings (SSSR count). The minimum absolute atomic E-state index is 0.237. The number of guanidine groups is 1. The molecule has 70 valence electrons. The maximum atomic E-state index is 7.31. The molecule has 0 spiro atoms. The van der Waals surface area contributed by atoms with Crippen molar-refractivity contribution < 1.29 is 0 Å². The molecule has 4 heteroatoms. The van der Waals surface area contributed by atoms with Crippen molar-refractivity contribution in [3.05, 3.63) is 0 Å². The summed E-state index contributed by atoms with van der Waals surface area (Å²) in [6, 6.07) is 0. The molecule has 0 aromatic heterocycles. The van der Waals surface area contributed by atoms with Gasteiger partial charge in [0.05, 0.1) is 0 Å². The van der Waals surface area contributed by atoms with E-state index < -0.39 is 0 Å². The summed E-state index contributed by atoms with van der Waals surface area (Å²) in [7, 11) is 0. The molecule has 1 atom stereocenters. The fourth-order valence-electron chi connectivity index (χ4n) is 1.66. The Hall–Kier alpha value is -0.380. The van der Waals surface area contributed by atoms with E-state index in [-0.39, 0.29) is 5.96 Å². The Labute approximate surface area is 78.2 Å². The second kappa shape index (κ2) is 4.60. The van der Waals surface area contributed by atoms with Gasteiger partial charge in [-0.15, -0.1) is 0 Å². The molecule has 1 fully saturated rings. The van der Waals surface area contributed by atoms with Gasteiger partial charge in [0.25, 0.3) is 0 Å². The lowest BCUT2D eigenvalue weighted by atomic mass is 10.0. The average molecular weight is 187 g/mol. The van der Waals surface area contributed by atoms with E-state index in [2.05, 4.69) is 6.26 Å². The monoisotopic (exact) mass is 187 g/mol. The Balaban J connectivity index is 2.35. The maximum absolute atomic E-state index is 7.31. The van der Waals surface area contributed by atoms with Crippen LogP contribution in [0.3, 0.4) is 0 Å². The van der Waals surface area contributed by atoms with Crippen LogP contribution >= 0.6 is 11.8 Å². The van der Waals surface area contributed by atoms with Crippen LogP contribution in [0.2, 0.25) is 0 Å². The topological polar surface area (TPSA) is 53.1 Å². The largest absolute Gasteiger partial charge is 0.370 e. The van der Waals surface area contributed by atoms with Crippen molar-refractivity contribution in [1.29, 1.82) is 5.41 Å². The summed E-state index contributed by atoms with van der Waals surface area (Å²) in [5.74, 6) is 2.17. The quantitative estimate of drug-likeness (QED) is 0.500. The van der Waals surface area contributed by atoms with Crippen LogP contribution in [0.25, 0.3) is 0 Å². The Morgan fingerprint density at radius 3 is 3.08 bits per heavy atom. The molecule has 0 amide bonds. The summed E-state index contributed by atoms with van der Waals surface area (Å²) in [5.41, 5.74) is 5.43. The number of piperidine rings is 1. The predicted molar refractivity (Wildman–Crippen MR) is 54.6 cm³/mol. The molecular formula is C8H17N3S. The van der Waals surface area contributed by atoms with Gasteiger partial charge in [0, 0.05) is 13.1 Å². The van der Waals surface area contributed by atoms with Gasteiger partial charge in [0.1, 0.15) is 0 Å². The molecule has 1 aliphatic rings. The van der Waals surface area contributed by atoms with Gasteiger partial charge in [-0.25, -0.2) is 0 Å². The lowest BCUT2D eigenvalue weighted by Gasteiger charge is -2.32. The average Bonchev–Trinajstić information content (AvgIpc) is 2.05. The van der Waals surface area contributed by atoms with E-state index in [0.29, 0.717) is 0 Å². The summed E-state index contributed by atoms with van der Waals surface area (Å²) in [5, 5.41) is 7.31. The fraction of sp³-hybridized carbons (Fsp3) is 0.875. The van der Waals surface area contributed by atoms with Crippen molar-refractivity contribution in [2.45, 2.75) is 12.8 Å². The summed E-state index contributed by atoms with van der Waals surface area (Å²) < 4.78 is 0. The maximum Gasteiger partial charge on any atom is 0.188 e. The zero-order valence-corrected chi connectivity index (χ0v) is 8.36. The molecule has 1 saturated heterocycles. The minimum atomic E-state index is 0.237. The summed E-state index contributed by atoms with van der Waals surface area (Å²) in [4.78, 5) is 1.98. The van der Waals surface area contributed by atoms with Crippen LogP contribution in [0, 0.1) is 11.3 Å². The van der Waals surface area contributed by atoms with Crippen LogP contribution in [-0.2, 0) is 0 Å². The molecule has 1 aliphatic heterocycles. The lowest BCUT2D eigenvalue weighted by Crippen LogP contribution is -2.43. The molecule has 1 heterocycles. The number of nitrogens with zero attached hydrogens (tertiary/aromatic N) is 1. The van der Waals surface area contributed by atoms with Crippen molar-refractivity contribution in [2.24, 2.45) is 11.7 Å². The van der Waals surface area contributed by atoms with Gasteiger partial charge in [-0.2, -0.15) is 11.8 Å². The predicted octanol–water partition coefficient (Wildman–Crippen LogP) is 0.955. The van der Waals surface area contributed by atoms with Crippen molar-refractivity contribution >= 4 is 17.7 Å². The smallest absolute Gasteiger partial charge is 0.188 e. The van der Waals surface area contributed by atoms with E-state index in [1.807, 2.05) is 16.7 Å². The summed E-state index contributed by atoms with van der Waals surface area (Å²) in [6.07, 6.45) is 4.61. The van der Waals surface area contributed by atoms with E-state index in [1.165, 1.54) is 18.6 Å². The number of nitrogens with one attached hydrogen (secondary N) is 1. The molecule has 0 aromatic carbocycles. The van der Waals surface area contributed by atoms with Crippen LogP contribution in [0.4, 0.5) is 0 Å². The third-order valence-electron chi connectivity index (χ3n) is 2.26. The Morgan fingerprint density at radius 1 is 1.75 bits per heavy atom. The highest BCUT2D eigenvalue weighted by Gasteiger charge is 2.19. The molecular weight excluding hydrogens is 170 g/mol. The van der Waals surface area contributed by atoms with Gasteiger partial charge in [0.15, 0.2) is 5.96 Å². The Kier molecular flexibility index (Phi) is 3.72. The SMILES string of the molecule is CSCC1CCCN(C(=N)N)C1. The highest BCUT2D eigenvalue weighted by Crippen LogP contribution is 2.18. The van der Waals surface area contributed by atoms with Gasteiger partial charge in [0.2, 0.25) is 0 Å². The van der Waals surface area contributed by atoms with Crippen LogP contribution in [0.15, 0.2) is 0 Å². The number of nitrogens with two attached hydrogens (primary N) is 1. The second-order valence-corrected chi connectivity index (χ2v) is 4.21. The van der Waals surface area contributed by atoms with Gasteiger partial charge in [-0.05, 0) is 30.8 Å². The fourth-order valence-corrected chi connectivity index (χ4v) is 2.40. The number of hydrogen-bond donors (Lipinski definition) is 2. The first-order valence-electron chi connectivity index (χ1n) is 4.32. The van der Waals surface area contributed by atoms with Crippen molar-refractivity contribution in [2.75, 3.05) is 25.1 Å². The van der Waals surface area contributed by atoms with Crippen molar-refractivity contribution in [3.8, 4) is 0 Å². The Bertz CT molecular complexity index is 158.